The van der Waals surface area contributed by atoms with Crippen molar-refractivity contribution < 1.29 is 22.7 Å². The lowest BCUT2D eigenvalue weighted by molar-refractivity contribution is -0.118. The molecule has 0 spiro atoms. The normalized spacial score (nSPS) is 17.9. The average Bonchev–Trinajstić information content (AvgIpc) is 3.06. The molecule has 30 heavy (non-hydrogen) atoms. The van der Waals surface area contributed by atoms with E-state index in [2.05, 4.69) is 10.6 Å². The number of amides is 2. The minimum absolute atomic E-state index is 0.0191. The van der Waals surface area contributed by atoms with Gasteiger partial charge < -0.3 is 15.4 Å². The number of nitrogens with one attached hydrogen (secondary N) is 2. The van der Waals surface area contributed by atoms with Gasteiger partial charge in [0.2, 0.25) is 0 Å². The van der Waals surface area contributed by atoms with Crippen molar-refractivity contribution in [1.29, 1.82) is 0 Å². The number of hydrogen-bond donors (Lipinski definition) is 2. The maximum absolute atomic E-state index is 12.8. The van der Waals surface area contributed by atoms with Gasteiger partial charge in [0.05, 0.1) is 29.2 Å². The first kappa shape index (κ1) is 21.9. The van der Waals surface area contributed by atoms with Gasteiger partial charge in [0, 0.05) is 6.04 Å². The summed E-state index contributed by atoms with van der Waals surface area (Å²) in [5.41, 5.74) is 0.852. The third-order valence-corrected chi connectivity index (χ3v) is 6.70. The summed E-state index contributed by atoms with van der Waals surface area (Å²) in [6.45, 7) is 0. The first-order valence-corrected chi connectivity index (χ1v) is 11.4. The molecule has 2 N–H and O–H groups in total. The summed E-state index contributed by atoms with van der Waals surface area (Å²) in [6.07, 6.45) is 1.84. The van der Waals surface area contributed by atoms with E-state index in [-0.39, 0.29) is 27.8 Å². The molecule has 2 amide bonds. The molecule has 9 heteroatoms. The number of sulfone groups is 1. The summed E-state index contributed by atoms with van der Waals surface area (Å²) in [4.78, 5) is 25.5. The van der Waals surface area contributed by atoms with Crippen LogP contribution in [0.4, 0.5) is 0 Å². The zero-order chi connectivity index (χ0) is 21.7. The second-order valence-corrected chi connectivity index (χ2v) is 9.47. The van der Waals surface area contributed by atoms with E-state index in [0.717, 1.165) is 0 Å². The monoisotopic (exact) mass is 448 g/mol. The van der Waals surface area contributed by atoms with Crippen molar-refractivity contribution in [2.75, 3.05) is 18.6 Å². The Morgan fingerprint density at radius 2 is 1.83 bits per heavy atom. The van der Waals surface area contributed by atoms with Crippen LogP contribution in [0.1, 0.15) is 22.3 Å². The highest BCUT2D eigenvalue weighted by molar-refractivity contribution is 7.91. The van der Waals surface area contributed by atoms with Gasteiger partial charge in [-0.25, -0.2) is 8.42 Å². The van der Waals surface area contributed by atoms with Crippen LogP contribution in [0.15, 0.2) is 54.2 Å². The lowest BCUT2D eigenvalue weighted by atomic mass is 10.1. The fourth-order valence-electron chi connectivity index (χ4n) is 3.03. The number of rotatable bonds is 6. The third-order valence-electron chi connectivity index (χ3n) is 4.61. The first-order valence-electron chi connectivity index (χ1n) is 9.20. The molecule has 1 saturated heterocycles. The summed E-state index contributed by atoms with van der Waals surface area (Å²) in [5, 5.41) is 5.53. The van der Waals surface area contributed by atoms with Crippen LogP contribution in [0.3, 0.4) is 0 Å². The van der Waals surface area contributed by atoms with E-state index in [0.29, 0.717) is 17.7 Å². The number of benzene rings is 2. The predicted molar refractivity (Wildman–Crippen MR) is 115 cm³/mol. The van der Waals surface area contributed by atoms with Crippen LogP contribution in [0.25, 0.3) is 6.08 Å². The molecular formula is C21H21ClN2O5S. The Morgan fingerprint density at radius 1 is 1.13 bits per heavy atom. The van der Waals surface area contributed by atoms with Crippen LogP contribution < -0.4 is 15.4 Å². The quantitative estimate of drug-likeness (QED) is 0.661. The maximum atomic E-state index is 12.8. The third kappa shape index (κ3) is 5.61. The highest BCUT2D eigenvalue weighted by Crippen LogP contribution is 2.18. The van der Waals surface area contributed by atoms with Gasteiger partial charge in [-0.15, -0.1) is 0 Å². The van der Waals surface area contributed by atoms with Crippen molar-refractivity contribution in [3.05, 3.63) is 70.4 Å². The second kappa shape index (κ2) is 9.32. The number of carbonyl (C=O) groups excluding carboxylic acids is 2. The molecule has 158 valence electrons. The van der Waals surface area contributed by atoms with Crippen molar-refractivity contribution in [2.45, 2.75) is 12.5 Å². The number of methoxy groups -OCH3 is 1. The molecule has 0 bridgehead atoms. The summed E-state index contributed by atoms with van der Waals surface area (Å²) in [5.74, 6) is -0.564. The molecule has 0 radical (unpaired) electrons. The van der Waals surface area contributed by atoms with E-state index in [4.69, 9.17) is 16.3 Å². The first-order chi connectivity index (χ1) is 14.3. The van der Waals surface area contributed by atoms with E-state index in [1.165, 1.54) is 6.08 Å². The Balaban J connectivity index is 1.85. The van der Waals surface area contributed by atoms with Crippen LogP contribution in [-0.2, 0) is 14.6 Å². The van der Waals surface area contributed by atoms with E-state index in [9.17, 15) is 18.0 Å². The molecule has 3 rings (SSSR count). The largest absolute Gasteiger partial charge is 0.497 e. The van der Waals surface area contributed by atoms with Crippen LogP contribution in [0.2, 0.25) is 5.02 Å². The van der Waals surface area contributed by atoms with Gasteiger partial charge in [-0.1, -0.05) is 35.9 Å². The molecule has 1 atom stereocenters. The lowest BCUT2D eigenvalue weighted by Gasteiger charge is -2.15. The van der Waals surface area contributed by atoms with Crippen LogP contribution in [0.5, 0.6) is 5.75 Å². The zero-order valence-electron chi connectivity index (χ0n) is 16.2. The topological polar surface area (TPSA) is 102 Å². The van der Waals surface area contributed by atoms with Crippen molar-refractivity contribution in [3.8, 4) is 5.75 Å². The second-order valence-electron chi connectivity index (χ2n) is 6.84. The van der Waals surface area contributed by atoms with E-state index in [1.807, 2.05) is 0 Å². The fourth-order valence-corrected chi connectivity index (χ4v) is 4.93. The summed E-state index contributed by atoms with van der Waals surface area (Å²) in [7, 11) is -1.61. The predicted octanol–water partition coefficient (Wildman–Crippen LogP) is 2.42. The molecule has 7 nitrogen and oxygen atoms in total. The summed E-state index contributed by atoms with van der Waals surface area (Å²) < 4.78 is 28.5. The Labute approximate surface area is 180 Å². The molecule has 0 aliphatic carbocycles. The van der Waals surface area contributed by atoms with Crippen molar-refractivity contribution >= 4 is 39.3 Å². The minimum atomic E-state index is -3.16. The smallest absolute Gasteiger partial charge is 0.268 e. The fraction of sp³-hybridized carbons (Fsp3) is 0.238. The average molecular weight is 449 g/mol. The molecule has 2 aromatic carbocycles. The molecule has 0 saturated carbocycles. The Kier molecular flexibility index (Phi) is 6.79. The van der Waals surface area contributed by atoms with Gasteiger partial charge in [-0.05, 0) is 42.3 Å². The highest BCUT2D eigenvalue weighted by Gasteiger charge is 2.30. The molecular weight excluding hydrogens is 428 g/mol. The lowest BCUT2D eigenvalue weighted by Crippen LogP contribution is -2.41. The molecule has 1 aliphatic rings. The molecule has 0 unspecified atom stereocenters. The van der Waals surface area contributed by atoms with Gasteiger partial charge in [0.1, 0.15) is 11.4 Å². The summed E-state index contributed by atoms with van der Waals surface area (Å²) in [6, 6.07) is 12.9. The Hall–Kier alpha value is -2.84. The molecule has 0 aromatic heterocycles. The van der Waals surface area contributed by atoms with Gasteiger partial charge >= 0.3 is 0 Å². The van der Waals surface area contributed by atoms with Gasteiger partial charge in [0.15, 0.2) is 9.84 Å². The molecule has 1 aliphatic heterocycles. The number of hydrogen-bond acceptors (Lipinski definition) is 5. The number of carbonyl (C=O) groups is 2. The van der Waals surface area contributed by atoms with Crippen molar-refractivity contribution in [1.82, 2.24) is 10.6 Å². The van der Waals surface area contributed by atoms with Crippen LogP contribution in [0, 0.1) is 0 Å². The Morgan fingerprint density at radius 3 is 2.43 bits per heavy atom. The standard InChI is InChI=1S/C21H21ClN2O5S/c1-29-16-8-6-14(7-9-16)12-19(21(26)23-15-10-11-30(27,28)13-15)24-20(25)17-4-2-3-5-18(17)22/h2-9,12,15H,10-11,13H2,1H3,(H,23,26)(H,24,25)/b19-12+/t15-/m1/s1. The van der Waals surface area contributed by atoms with E-state index in [1.54, 1.807) is 55.6 Å². The van der Waals surface area contributed by atoms with Gasteiger partial charge in [-0.2, -0.15) is 0 Å². The Bertz CT molecular complexity index is 1080. The maximum Gasteiger partial charge on any atom is 0.268 e. The van der Waals surface area contributed by atoms with Crippen LogP contribution >= 0.6 is 11.6 Å². The molecule has 2 aromatic rings. The van der Waals surface area contributed by atoms with E-state index < -0.39 is 27.7 Å². The minimum Gasteiger partial charge on any atom is -0.497 e. The van der Waals surface area contributed by atoms with E-state index >= 15 is 0 Å². The van der Waals surface area contributed by atoms with Crippen molar-refractivity contribution in [2.24, 2.45) is 0 Å². The van der Waals surface area contributed by atoms with Gasteiger partial charge in [-0.3, -0.25) is 9.59 Å². The SMILES string of the molecule is COc1ccc(/C=C(/NC(=O)c2ccccc2Cl)C(=O)N[C@@H]2CCS(=O)(=O)C2)cc1. The number of halogens is 1. The zero-order valence-corrected chi connectivity index (χ0v) is 17.8. The summed E-state index contributed by atoms with van der Waals surface area (Å²) >= 11 is 6.08. The molecule has 1 fully saturated rings. The van der Waals surface area contributed by atoms with Crippen LogP contribution in [-0.4, -0.2) is 44.9 Å². The van der Waals surface area contributed by atoms with Crippen molar-refractivity contribution in [3.63, 3.8) is 0 Å². The highest BCUT2D eigenvalue weighted by atomic mass is 35.5. The van der Waals surface area contributed by atoms with Gasteiger partial charge in [0.25, 0.3) is 11.8 Å². The number of ether oxygens (including phenoxy) is 1. The molecule has 1 heterocycles.